The van der Waals surface area contributed by atoms with Crippen LogP contribution in [0.1, 0.15) is 17.5 Å². The zero-order valence-electron chi connectivity index (χ0n) is 8.71. The van der Waals surface area contributed by atoms with Gasteiger partial charge in [-0.25, -0.2) is 0 Å². The number of ether oxygens (including phenoxy) is 1. The van der Waals surface area contributed by atoms with E-state index in [-0.39, 0.29) is 6.42 Å². The van der Waals surface area contributed by atoms with Gasteiger partial charge < -0.3 is 9.84 Å². The summed E-state index contributed by atoms with van der Waals surface area (Å²) in [5.74, 6) is -0.0702. The van der Waals surface area contributed by atoms with Crippen LogP contribution in [0.15, 0.2) is 16.6 Å². The summed E-state index contributed by atoms with van der Waals surface area (Å²) in [6.45, 7) is 1.97. The molecule has 0 radical (unpaired) electrons. The first-order valence-electron chi connectivity index (χ1n) is 4.60. The summed E-state index contributed by atoms with van der Waals surface area (Å²) in [6.07, 6.45) is 0.583. The summed E-state index contributed by atoms with van der Waals surface area (Å²) in [5, 5.41) is 8.64. The molecule has 4 heteroatoms. The molecule has 82 valence electrons. The minimum atomic E-state index is -0.801. The number of rotatable bonds is 4. The highest BCUT2D eigenvalue weighted by Crippen LogP contribution is 2.30. The average Bonchev–Trinajstić information content (AvgIpc) is 2.20. The van der Waals surface area contributed by atoms with Gasteiger partial charge in [0.05, 0.1) is 7.11 Å². The van der Waals surface area contributed by atoms with Crippen LogP contribution < -0.4 is 4.74 Å². The Kier molecular flexibility index (Phi) is 4.15. The van der Waals surface area contributed by atoms with Gasteiger partial charge >= 0.3 is 5.97 Å². The Labute approximate surface area is 97.2 Å². The molecule has 1 rings (SSSR count). The molecule has 0 bridgehead atoms. The third-order valence-electron chi connectivity index (χ3n) is 2.20. The maximum absolute atomic E-state index is 10.5. The van der Waals surface area contributed by atoms with Crippen LogP contribution in [0.3, 0.4) is 0 Å². The molecule has 0 fully saturated rings. The van der Waals surface area contributed by atoms with Crippen molar-refractivity contribution in [3.8, 4) is 5.75 Å². The standard InChI is InChI=1S/C11H13BrO3/c1-7-3-5-9(15-2)8(11(7)12)4-6-10(13)14/h3,5H,4,6H2,1-2H3,(H,13,14). The van der Waals surface area contributed by atoms with Crippen molar-refractivity contribution < 1.29 is 14.6 Å². The number of hydrogen-bond acceptors (Lipinski definition) is 2. The molecule has 1 aromatic carbocycles. The molecule has 0 saturated carbocycles. The number of carbonyl (C=O) groups is 1. The van der Waals surface area contributed by atoms with Crippen molar-refractivity contribution in [2.24, 2.45) is 0 Å². The van der Waals surface area contributed by atoms with Crippen LogP contribution >= 0.6 is 15.9 Å². The monoisotopic (exact) mass is 272 g/mol. The van der Waals surface area contributed by atoms with Gasteiger partial charge in [0.2, 0.25) is 0 Å². The molecular weight excluding hydrogens is 260 g/mol. The second-order valence-corrected chi connectivity index (χ2v) is 4.06. The number of aryl methyl sites for hydroxylation is 1. The van der Waals surface area contributed by atoms with E-state index in [0.717, 1.165) is 21.3 Å². The lowest BCUT2D eigenvalue weighted by atomic mass is 10.1. The molecule has 0 atom stereocenters. The molecule has 0 aliphatic rings. The van der Waals surface area contributed by atoms with E-state index in [2.05, 4.69) is 15.9 Å². The first-order chi connectivity index (χ1) is 7.06. The lowest BCUT2D eigenvalue weighted by Gasteiger charge is -2.11. The third kappa shape index (κ3) is 2.96. The lowest BCUT2D eigenvalue weighted by Crippen LogP contribution is -2.01. The van der Waals surface area contributed by atoms with Crippen molar-refractivity contribution in [3.05, 3.63) is 27.7 Å². The number of carboxylic acid groups (broad SMARTS) is 1. The van der Waals surface area contributed by atoms with Crippen LogP contribution in [0.4, 0.5) is 0 Å². The molecular formula is C11H13BrO3. The van der Waals surface area contributed by atoms with Crippen molar-refractivity contribution in [2.45, 2.75) is 19.8 Å². The molecule has 15 heavy (non-hydrogen) atoms. The fraction of sp³-hybridized carbons (Fsp3) is 0.364. The van der Waals surface area contributed by atoms with Gasteiger partial charge in [-0.15, -0.1) is 0 Å². The first kappa shape index (κ1) is 12.0. The number of methoxy groups -OCH3 is 1. The normalized spacial score (nSPS) is 10.1. The molecule has 0 aromatic heterocycles. The minimum Gasteiger partial charge on any atom is -0.496 e. The van der Waals surface area contributed by atoms with E-state index >= 15 is 0 Å². The summed E-state index contributed by atoms with van der Waals surface area (Å²) < 4.78 is 6.12. The highest BCUT2D eigenvalue weighted by molar-refractivity contribution is 9.10. The Morgan fingerprint density at radius 2 is 2.20 bits per heavy atom. The molecule has 1 N–H and O–H groups in total. The van der Waals surface area contributed by atoms with Crippen LogP contribution in [0.5, 0.6) is 5.75 Å². The Balaban J connectivity index is 3.01. The average molecular weight is 273 g/mol. The molecule has 3 nitrogen and oxygen atoms in total. The predicted octanol–water partition coefficient (Wildman–Crippen LogP) is 2.78. The summed E-state index contributed by atoms with van der Waals surface area (Å²) in [5.41, 5.74) is 2.00. The summed E-state index contributed by atoms with van der Waals surface area (Å²) in [7, 11) is 1.58. The smallest absolute Gasteiger partial charge is 0.303 e. The van der Waals surface area contributed by atoms with E-state index < -0.39 is 5.97 Å². The zero-order chi connectivity index (χ0) is 11.4. The van der Waals surface area contributed by atoms with Crippen LogP contribution in [0.25, 0.3) is 0 Å². The molecule has 0 aliphatic heterocycles. The second-order valence-electron chi connectivity index (χ2n) is 3.27. The van der Waals surface area contributed by atoms with Crippen molar-refractivity contribution in [3.63, 3.8) is 0 Å². The fourth-order valence-corrected chi connectivity index (χ4v) is 1.90. The maximum atomic E-state index is 10.5. The van der Waals surface area contributed by atoms with Crippen LogP contribution in [0.2, 0.25) is 0 Å². The Morgan fingerprint density at radius 3 is 2.73 bits per heavy atom. The van der Waals surface area contributed by atoms with E-state index in [1.165, 1.54) is 0 Å². The molecule has 0 spiro atoms. The molecule has 1 aromatic rings. The highest BCUT2D eigenvalue weighted by atomic mass is 79.9. The molecule has 0 unspecified atom stereocenters. The predicted molar refractivity (Wildman–Crippen MR) is 61.4 cm³/mol. The van der Waals surface area contributed by atoms with Crippen LogP contribution in [0, 0.1) is 6.92 Å². The van der Waals surface area contributed by atoms with Gasteiger partial charge in [0.25, 0.3) is 0 Å². The van der Waals surface area contributed by atoms with Gasteiger partial charge in [0.15, 0.2) is 0 Å². The quantitative estimate of drug-likeness (QED) is 0.917. The second kappa shape index (κ2) is 5.16. The topological polar surface area (TPSA) is 46.5 Å². The van der Waals surface area contributed by atoms with E-state index in [0.29, 0.717) is 6.42 Å². The molecule has 0 amide bonds. The van der Waals surface area contributed by atoms with Crippen molar-refractivity contribution in [1.29, 1.82) is 0 Å². The zero-order valence-corrected chi connectivity index (χ0v) is 10.3. The summed E-state index contributed by atoms with van der Waals surface area (Å²) in [6, 6.07) is 3.80. The van der Waals surface area contributed by atoms with Crippen molar-refractivity contribution in [2.75, 3.05) is 7.11 Å². The summed E-state index contributed by atoms with van der Waals surface area (Å²) >= 11 is 3.45. The maximum Gasteiger partial charge on any atom is 0.303 e. The van der Waals surface area contributed by atoms with Gasteiger partial charge in [-0.3, -0.25) is 4.79 Å². The van der Waals surface area contributed by atoms with E-state index in [4.69, 9.17) is 9.84 Å². The van der Waals surface area contributed by atoms with Crippen LogP contribution in [-0.4, -0.2) is 18.2 Å². The van der Waals surface area contributed by atoms with Gasteiger partial charge in [0.1, 0.15) is 5.75 Å². The molecule has 0 heterocycles. The summed E-state index contributed by atoms with van der Waals surface area (Å²) in [4.78, 5) is 10.5. The van der Waals surface area contributed by atoms with Gasteiger partial charge in [-0.1, -0.05) is 22.0 Å². The van der Waals surface area contributed by atoms with E-state index in [1.807, 2.05) is 19.1 Å². The number of carboxylic acids is 1. The highest BCUT2D eigenvalue weighted by Gasteiger charge is 2.11. The van der Waals surface area contributed by atoms with E-state index in [1.54, 1.807) is 7.11 Å². The van der Waals surface area contributed by atoms with Crippen molar-refractivity contribution in [1.82, 2.24) is 0 Å². The first-order valence-corrected chi connectivity index (χ1v) is 5.39. The van der Waals surface area contributed by atoms with Gasteiger partial charge in [-0.05, 0) is 25.0 Å². The number of aliphatic carboxylic acids is 1. The van der Waals surface area contributed by atoms with Crippen LogP contribution in [-0.2, 0) is 11.2 Å². The number of halogens is 1. The largest absolute Gasteiger partial charge is 0.496 e. The molecule has 0 saturated heterocycles. The number of hydrogen-bond donors (Lipinski definition) is 1. The van der Waals surface area contributed by atoms with Gasteiger partial charge in [-0.2, -0.15) is 0 Å². The Bertz CT molecular complexity index is 374. The Morgan fingerprint density at radius 1 is 1.53 bits per heavy atom. The van der Waals surface area contributed by atoms with Crippen molar-refractivity contribution >= 4 is 21.9 Å². The fourth-order valence-electron chi connectivity index (χ4n) is 1.38. The molecule has 0 aliphatic carbocycles. The van der Waals surface area contributed by atoms with E-state index in [9.17, 15) is 4.79 Å². The lowest BCUT2D eigenvalue weighted by molar-refractivity contribution is -0.136. The number of benzene rings is 1. The van der Waals surface area contributed by atoms with Gasteiger partial charge in [0, 0.05) is 16.5 Å². The Hall–Kier alpha value is -1.03. The SMILES string of the molecule is COc1ccc(C)c(Br)c1CCC(=O)O. The minimum absolute atomic E-state index is 0.110. The third-order valence-corrected chi connectivity index (χ3v) is 3.31.